The average molecular weight is 352 g/mol. The van der Waals surface area contributed by atoms with Gasteiger partial charge in [-0.05, 0) is 11.6 Å². The van der Waals surface area contributed by atoms with Crippen LogP contribution in [0.1, 0.15) is 0 Å². The van der Waals surface area contributed by atoms with Crippen LogP contribution in [0, 0.1) is 0 Å². The molecule has 3 rings (SSSR count). The van der Waals surface area contributed by atoms with Gasteiger partial charge in [0, 0.05) is 18.7 Å². The van der Waals surface area contributed by atoms with Gasteiger partial charge >= 0.3 is 6.03 Å². The Morgan fingerprint density at radius 3 is 2.38 bits per heavy atom. The van der Waals surface area contributed by atoms with Gasteiger partial charge in [-0.25, -0.2) is 4.79 Å². The van der Waals surface area contributed by atoms with Crippen molar-refractivity contribution in [2.24, 2.45) is 5.73 Å². The van der Waals surface area contributed by atoms with Crippen molar-refractivity contribution in [3.63, 3.8) is 0 Å². The van der Waals surface area contributed by atoms with Crippen LogP contribution in [0.2, 0.25) is 0 Å². The van der Waals surface area contributed by atoms with Gasteiger partial charge in [-0.3, -0.25) is 9.59 Å². The topological polar surface area (TPSA) is 95.7 Å². The van der Waals surface area contributed by atoms with E-state index in [0.29, 0.717) is 13.1 Å². The standard InChI is InChI=1S/C19H20N4O3/c20-19(26)21-12-17(24)22-10-11-23(18(25)13-22)16-9-5-4-8-15(16)14-6-2-1-3-7-14/h1-9H,10-13H2,(H3,20,21,26). The van der Waals surface area contributed by atoms with Gasteiger partial charge in [-0.2, -0.15) is 0 Å². The van der Waals surface area contributed by atoms with E-state index in [1.165, 1.54) is 4.90 Å². The van der Waals surface area contributed by atoms with Crippen LogP contribution >= 0.6 is 0 Å². The normalized spacial score (nSPS) is 14.2. The second-order valence-corrected chi connectivity index (χ2v) is 5.96. The zero-order valence-corrected chi connectivity index (χ0v) is 14.2. The molecule has 0 spiro atoms. The Kier molecular flexibility index (Phi) is 5.17. The zero-order chi connectivity index (χ0) is 18.5. The second kappa shape index (κ2) is 7.69. The van der Waals surface area contributed by atoms with E-state index in [2.05, 4.69) is 5.32 Å². The second-order valence-electron chi connectivity index (χ2n) is 5.96. The lowest BCUT2D eigenvalue weighted by Crippen LogP contribution is -2.54. The Labute approximate surface area is 151 Å². The molecule has 2 aromatic carbocycles. The van der Waals surface area contributed by atoms with Crippen molar-refractivity contribution < 1.29 is 14.4 Å². The summed E-state index contributed by atoms with van der Waals surface area (Å²) in [6.45, 7) is 0.560. The summed E-state index contributed by atoms with van der Waals surface area (Å²) in [5, 5.41) is 2.25. The lowest BCUT2D eigenvalue weighted by molar-refractivity contribution is -0.135. The van der Waals surface area contributed by atoms with Crippen LogP contribution in [0.15, 0.2) is 54.6 Å². The molecule has 1 heterocycles. The van der Waals surface area contributed by atoms with Crippen molar-refractivity contribution in [1.82, 2.24) is 10.2 Å². The number of anilines is 1. The molecule has 1 aliphatic heterocycles. The third kappa shape index (κ3) is 3.83. The van der Waals surface area contributed by atoms with E-state index in [0.717, 1.165) is 16.8 Å². The molecule has 134 valence electrons. The van der Waals surface area contributed by atoms with Crippen LogP contribution in [0.25, 0.3) is 11.1 Å². The van der Waals surface area contributed by atoms with Crippen molar-refractivity contribution >= 4 is 23.5 Å². The van der Waals surface area contributed by atoms with Gasteiger partial charge in [0.2, 0.25) is 11.8 Å². The Morgan fingerprint density at radius 1 is 1.00 bits per heavy atom. The minimum absolute atomic E-state index is 0.0254. The first-order valence-corrected chi connectivity index (χ1v) is 8.32. The van der Waals surface area contributed by atoms with Crippen LogP contribution in [0.4, 0.5) is 10.5 Å². The average Bonchev–Trinajstić information content (AvgIpc) is 2.66. The molecule has 0 unspecified atom stereocenters. The maximum absolute atomic E-state index is 12.7. The third-order valence-corrected chi connectivity index (χ3v) is 4.27. The molecule has 0 aliphatic carbocycles. The van der Waals surface area contributed by atoms with Crippen LogP contribution in [-0.2, 0) is 9.59 Å². The predicted octanol–water partition coefficient (Wildman–Crippen LogP) is 1.20. The largest absolute Gasteiger partial charge is 0.352 e. The summed E-state index contributed by atoms with van der Waals surface area (Å²) in [6.07, 6.45) is 0. The lowest BCUT2D eigenvalue weighted by Gasteiger charge is -2.35. The molecule has 7 nitrogen and oxygen atoms in total. The van der Waals surface area contributed by atoms with Crippen molar-refractivity contribution in [3.8, 4) is 11.1 Å². The van der Waals surface area contributed by atoms with Crippen LogP contribution < -0.4 is 16.0 Å². The summed E-state index contributed by atoms with van der Waals surface area (Å²) in [5.41, 5.74) is 7.79. The minimum Gasteiger partial charge on any atom is -0.352 e. The molecule has 4 amide bonds. The number of primary amides is 1. The number of nitrogens with one attached hydrogen (secondary N) is 1. The molecule has 1 aliphatic rings. The summed E-state index contributed by atoms with van der Waals surface area (Å²) < 4.78 is 0. The Bertz CT molecular complexity index is 823. The van der Waals surface area contributed by atoms with Gasteiger partial charge in [-0.15, -0.1) is 0 Å². The maximum Gasteiger partial charge on any atom is 0.312 e. The molecular formula is C19H20N4O3. The van der Waals surface area contributed by atoms with Gasteiger partial charge in [0.05, 0.1) is 12.2 Å². The first-order chi connectivity index (χ1) is 12.6. The molecule has 2 aromatic rings. The summed E-state index contributed by atoms with van der Waals surface area (Å²) in [6, 6.07) is 16.8. The fourth-order valence-corrected chi connectivity index (χ4v) is 2.99. The predicted molar refractivity (Wildman–Crippen MR) is 98.4 cm³/mol. The molecule has 1 fully saturated rings. The van der Waals surface area contributed by atoms with E-state index < -0.39 is 6.03 Å². The molecule has 0 atom stereocenters. The number of rotatable bonds is 4. The third-order valence-electron chi connectivity index (χ3n) is 4.27. The van der Waals surface area contributed by atoms with Crippen LogP contribution in [0.3, 0.4) is 0 Å². The van der Waals surface area contributed by atoms with Gasteiger partial charge < -0.3 is 20.9 Å². The Hall–Kier alpha value is -3.35. The van der Waals surface area contributed by atoms with Crippen molar-refractivity contribution in [2.45, 2.75) is 0 Å². The first-order valence-electron chi connectivity index (χ1n) is 8.32. The van der Waals surface area contributed by atoms with Crippen LogP contribution in [-0.4, -0.2) is 48.9 Å². The number of benzene rings is 2. The van der Waals surface area contributed by atoms with Gasteiger partial charge in [0.15, 0.2) is 0 Å². The quantitative estimate of drug-likeness (QED) is 0.865. The molecule has 3 N–H and O–H groups in total. The highest BCUT2D eigenvalue weighted by Gasteiger charge is 2.29. The van der Waals surface area contributed by atoms with E-state index >= 15 is 0 Å². The lowest BCUT2D eigenvalue weighted by atomic mass is 10.0. The number of carbonyl (C=O) groups is 3. The maximum atomic E-state index is 12.7. The number of nitrogens with two attached hydrogens (primary N) is 1. The molecule has 26 heavy (non-hydrogen) atoms. The zero-order valence-electron chi connectivity index (χ0n) is 14.2. The van der Waals surface area contributed by atoms with E-state index in [4.69, 9.17) is 5.73 Å². The van der Waals surface area contributed by atoms with E-state index in [1.54, 1.807) is 4.90 Å². The van der Waals surface area contributed by atoms with Gasteiger partial charge in [-0.1, -0.05) is 48.5 Å². The highest BCUT2D eigenvalue weighted by Crippen LogP contribution is 2.31. The number of hydrogen-bond donors (Lipinski definition) is 2. The van der Waals surface area contributed by atoms with E-state index in [1.807, 2.05) is 54.6 Å². The fraction of sp³-hybridized carbons (Fsp3) is 0.211. The minimum atomic E-state index is -0.764. The Balaban J connectivity index is 1.76. The van der Waals surface area contributed by atoms with Gasteiger partial charge in [0.25, 0.3) is 0 Å². The number of hydrogen-bond acceptors (Lipinski definition) is 3. The summed E-state index contributed by atoms with van der Waals surface area (Å²) in [7, 11) is 0. The molecule has 0 radical (unpaired) electrons. The molecule has 1 saturated heterocycles. The number of urea groups is 1. The summed E-state index contributed by atoms with van der Waals surface area (Å²) in [4.78, 5) is 38.6. The number of para-hydroxylation sites is 1. The fourth-order valence-electron chi connectivity index (χ4n) is 2.99. The molecule has 7 heteroatoms. The summed E-state index contributed by atoms with van der Waals surface area (Å²) in [5.74, 6) is -0.486. The van der Waals surface area contributed by atoms with Gasteiger partial charge in [0.1, 0.15) is 6.54 Å². The molecule has 0 saturated carbocycles. The number of carbonyl (C=O) groups excluding carboxylic acids is 3. The SMILES string of the molecule is NC(=O)NCC(=O)N1CCN(c2ccccc2-c2ccccc2)C(=O)C1. The van der Waals surface area contributed by atoms with Crippen molar-refractivity contribution in [1.29, 1.82) is 0 Å². The smallest absolute Gasteiger partial charge is 0.312 e. The first kappa shape index (κ1) is 17.5. The van der Waals surface area contributed by atoms with E-state index in [9.17, 15) is 14.4 Å². The van der Waals surface area contributed by atoms with Crippen molar-refractivity contribution in [3.05, 3.63) is 54.6 Å². The number of amides is 4. The summed E-state index contributed by atoms with van der Waals surface area (Å²) >= 11 is 0. The molecular weight excluding hydrogens is 332 g/mol. The Morgan fingerprint density at radius 2 is 1.69 bits per heavy atom. The molecule has 0 bridgehead atoms. The number of nitrogens with zero attached hydrogens (tertiary/aromatic N) is 2. The van der Waals surface area contributed by atoms with Crippen LogP contribution in [0.5, 0.6) is 0 Å². The highest BCUT2D eigenvalue weighted by atomic mass is 16.2. The van der Waals surface area contributed by atoms with Crippen molar-refractivity contribution in [2.75, 3.05) is 31.1 Å². The van der Waals surface area contributed by atoms with E-state index in [-0.39, 0.29) is 24.9 Å². The monoisotopic (exact) mass is 352 g/mol. The molecule has 0 aromatic heterocycles. The highest BCUT2D eigenvalue weighted by molar-refractivity contribution is 6.01. The number of piperazine rings is 1.